The van der Waals surface area contributed by atoms with Crippen LogP contribution in [0, 0.1) is 11.7 Å². The van der Waals surface area contributed by atoms with Gasteiger partial charge in [-0.3, -0.25) is 0 Å². The Labute approximate surface area is 103 Å². The normalized spacial score (nSPS) is 23.6. The fraction of sp³-hybridized carbons (Fsp3) is 0.571. The minimum Gasteiger partial charge on any atom is -0.313 e. The molecule has 0 spiro atoms. The Bertz CT molecular complexity index is 367. The number of piperidine rings is 1. The topological polar surface area (TPSA) is 15.3 Å². The van der Waals surface area contributed by atoms with Crippen LogP contribution < -0.4 is 5.32 Å². The first-order valence-corrected chi connectivity index (χ1v) is 6.32. The van der Waals surface area contributed by atoms with Crippen molar-refractivity contribution >= 4 is 0 Å². The van der Waals surface area contributed by atoms with Gasteiger partial charge in [0.25, 0.3) is 0 Å². The maximum Gasteiger partial charge on any atom is 0.123 e. The van der Waals surface area contributed by atoms with Crippen LogP contribution in [0.1, 0.15) is 24.4 Å². The van der Waals surface area contributed by atoms with Crippen LogP contribution in [0.4, 0.5) is 4.39 Å². The van der Waals surface area contributed by atoms with E-state index < -0.39 is 0 Å². The highest BCUT2D eigenvalue weighted by Crippen LogP contribution is 2.29. The fourth-order valence-corrected chi connectivity index (χ4v) is 2.85. The first kappa shape index (κ1) is 12.5. The lowest BCUT2D eigenvalue weighted by Crippen LogP contribution is -2.38. The number of nitrogens with zero attached hydrogens (tertiary/aromatic N) is 1. The Morgan fingerprint density at radius 1 is 1.47 bits per heavy atom. The molecule has 1 fully saturated rings. The molecule has 0 aromatic heterocycles. The van der Waals surface area contributed by atoms with Gasteiger partial charge in [0.05, 0.1) is 0 Å². The van der Waals surface area contributed by atoms with Gasteiger partial charge >= 0.3 is 0 Å². The number of rotatable bonds is 3. The second kappa shape index (κ2) is 5.61. The van der Waals surface area contributed by atoms with Gasteiger partial charge in [0, 0.05) is 12.6 Å². The molecule has 0 bridgehead atoms. The third kappa shape index (κ3) is 3.05. The molecule has 0 radical (unpaired) electrons. The summed E-state index contributed by atoms with van der Waals surface area (Å²) in [7, 11) is 4.12. The smallest absolute Gasteiger partial charge is 0.123 e. The summed E-state index contributed by atoms with van der Waals surface area (Å²) < 4.78 is 13.3. The van der Waals surface area contributed by atoms with E-state index in [1.807, 2.05) is 13.1 Å². The Morgan fingerprint density at radius 2 is 2.29 bits per heavy atom. The fourth-order valence-electron chi connectivity index (χ4n) is 2.85. The summed E-state index contributed by atoms with van der Waals surface area (Å²) in [5.41, 5.74) is 1.06. The van der Waals surface area contributed by atoms with Crippen LogP contribution in [0.3, 0.4) is 0 Å². The van der Waals surface area contributed by atoms with Crippen molar-refractivity contribution in [2.24, 2.45) is 5.92 Å². The first-order valence-electron chi connectivity index (χ1n) is 6.32. The van der Waals surface area contributed by atoms with Crippen molar-refractivity contribution in [1.29, 1.82) is 0 Å². The molecule has 1 aliphatic heterocycles. The van der Waals surface area contributed by atoms with E-state index in [9.17, 15) is 4.39 Å². The van der Waals surface area contributed by atoms with Crippen LogP contribution in [-0.2, 0) is 0 Å². The molecule has 1 saturated heterocycles. The van der Waals surface area contributed by atoms with E-state index in [2.05, 4.69) is 17.3 Å². The van der Waals surface area contributed by atoms with Gasteiger partial charge in [0.15, 0.2) is 0 Å². The summed E-state index contributed by atoms with van der Waals surface area (Å²) in [6, 6.07) is 7.22. The zero-order valence-electron chi connectivity index (χ0n) is 10.6. The minimum atomic E-state index is -0.146. The molecule has 1 N–H and O–H groups in total. The van der Waals surface area contributed by atoms with Crippen molar-refractivity contribution in [1.82, 2.24) is 10.2 Å². The number of nitrogens with one attached hydrogen (secondary N) is 1. The standard InChI is InChI=1S/C14H21FN2/c1-16-14(11-5-3-7-13(15)9-11)12-6-4-8-17(2)10-12/h3,5,7,9,12,14,16H,4,6,8,10H2,1-2H3. The van der Waals surface area contributed by atoms with Crippen LogP contribution in [0.15, 0.2) is 24.3 Å². The van der Waals surface area contributed by atoms with E-state index in [0.717, 1.165) is 12.1 Å². The zero-order valence-corrected chi connectivity index (χ0v) is 10.6. The van der Waals surface area contributed by atoms with Crippen LogP contribution in [0.5, 0.6) is 0 Å². The van der Waals surface area contributed by atoms with E-state index in [-0.39, 0.29) is 11.9 Å². The van der Waals surface area contributed by atoms with Gasteiger partial charge in [-0.1, -0.05) is 12.1 Å². The van der Waals surface area contributed by atoms with Crippen LogP contribution in [0.25, 0.3) is 0 Å². The molecule has 1 heterocycles. The Hall–Kier alpha value is -0.930. The van der Waals surface area contributed by atoms with E-state index in [4.69, 9.17) is 0 Å². The molecule has 1 aliphatic rings. The van der Waals surface area contributed by atoms with Crippen LogP contribution in [0.2, 0.25) is 0 Å². The predicted octanol–water partition coefficient (Wildman–Crippen LogP) is 2.43. The molecule has 17 heavy (non-hydrogen) atoms. The summed E-state index contributed by atoms with van der Waals surface area (Å²) >= 11 is 0. The molecule has 1 aromatic rings. The maximum absolute atomic E-state index is 13.3. The summed E-state index contributed by atoms with van der Waals surface area (Å²) in [6.07, 6.45) is 2.45. The molecule has 2 nitrogen and oxygen atoms in total. The second-order valence-corrected chi connectivity index (χ2v) is 4.99. The summed E-state index contributed by atoms with van der Waals surface area (Å²) in [4.78, 5) is 2.36. The molecule has 2 rings (SSSR count). The van der Waals surface area contributed by atoms with E-state index in [1.165, 1.54) is 25.5 Å². The summed E-state index contributed by atoms with van der Waals surface area (Å²) in [5, 5.41) is 3.34. The van der Waals surface area contributed by atoms with E-state index >= 15 is 0 Å². The monoisotopic (exact) mass is 236 g/mol. The minimum absolute atomic E-state index is 0.146. The highest BCUT2D eigenvalue weighted by molar-refractivity contribution is 5.21. The van der Waals surface area contributed by atoms with Crippen LogP contribution in [-0.4, -0.2) is 32.1 Å². The van der Waals surface area contributed by atoms with Gasteiger partial charge in [-0.2, -0.15) is 0 Å². The van der Waals surface area contributed by atoms with Gasteiger partial charge in [-0.15, -0.1) is 0 Å². The molecule has 2 atom stereocenters. The highest BCUT2D eigenvalue weighted by Gasteiger charge is 2.25. The number of halogens is 1. The largest absolute Gasteiger partial charge is 0.313 e. The SMILES string of the molecule is CNC(c1cccc(F)c1)C1CCCN(C)C1. The van der Waals surface area contributed by atoms with Crippen molar-refractivity contribution in [3.63, 3.8) is 0 Å². The van der Waals surface area contributed by atoms with Gasteiger partial charge in [0.2, 0.25) is 0 Å². The predicted molar refractivity (Wildman–Crippen MR) is 68.4 cm³/mol. The Balaban J connectivity index is 2.15. The molecule has 1 aromatic carbocycles. The molecule has 0 amide bonds. The average Bonchev–Trinajstić information content (AvgIpc) is 2.30. The quantitative estimate of drug-likeness (QED) is 0.867. The van der Waals surface area contributed by atoms with E-state index in [0.29, 0.717) is 5.92 Å². The van der Waals surface area contributed by atoms with Gasteiger partial charge in [0.1, 0.15) is 5.82 Å². The van der Waals surface area contributed by atoms with Crippen LogP contribution >= 0.6 is 0 Å². The summed E-state index contributed by atoms with van der Waals surface area (Å²) in [6.45, 7) is 2.26. The zero-order chi connectivity index (χ0) is 12.3. The molecule has 0 saturated carbocycles. The lowest BCUT2D eigenvalue weighted by atomic mass is 9.86. The second-order valence-electron chi connectivity index (χ2n) is 4.99. The molecule has 94 valence electrons. The van der Waals surface area contributed by atoms with Crippen molar-refractivity contribution < 1.29 is 4.39 Å². The third-order valence-corrected chi connectivity index (χ3v) is 3.65. The van der Waals surface area contributed by atoms with Gasteiger partial charge < -0.3 is 10.2 Å². The third-order valence-electron chi connectivity index (χ3n) is 3.65. The average molecular weight is 236 g/mol. The van der Waals surface area contributed by atoms with Crippen molar-refractivity contribution in [3.8, 4) is 0 Å². The van der Waals surface area contributed by atoms with Crippen molar-refractivity contribution in [2.75, 3.05) is 27.2 Å². The van der Waals surface area contributed by atoms with Crippen molar-refractivity contribution in [3.05, 3.63) is 35.6 Å². The van der Waals surface area contributed by atoms with Gasteiger partial charge in [-0.05, 0) is 57.1 Å². The molecule has 3 heteroatoms. The highest BCUT2D eigenvalue weighted by atomic mass is 19.1. The Morgan fingerprint density at radius 3 is 2.94 bits per heavy atom. The maximum atomic E-state index is 13.3. The lowest BCUT2D eigenvalue weighted by molar-refractivity contribution is 0.177. The van der Waals surface area contributed by atoms with Crippen molar-refractivity contribution in [2.45, 2.75) is 18.9 Å². The van der Waals surface area contributed by atoms with Gasteiger partial charge in [-0.25, -0.2) is 4.39 Å². The molecule has 0 aliphatic carbocycles. The number of hydrogen-bond donors (Lipinski definition) is 1. The summed E-state index contributed by atoms with van der Waals surface area (Å²) in [5.74, 6) is 0.424. The Kier molecular flexibility index (Phi) is 4.13. The molecular weight excluding hydrogens is 215 g/mol. The number of likely N-dealkylation sites (tertiary alicyclic amines) is 1. The van der Waals surface area contributed by atoms with E-state index in [1.54, 1.807) is 12.1 Å². The lowest BCUT2D eigenvalue weighted by Gasteiger charge is -2.35. The number of benzene rings is 1. The number of hydrogen-bond acceptors (Lipinski definition) is 2. The first-order chi connectivity index (χ1) is 8.20. The molecular formula is C14H21FN2. The molecule has 2 unspecified atom stereocenters.